The minimum atomic E-state index is 0.480. The molecule has 0 bridgehead atoms. The summed E-state index contributed by atoms with van der Waals surface area (Å²) in [7, 11) is 0. The zero-order valence-electron chi connectivity index (χ0n) is 11.8. The van der Waals surface area contributed by atoms with Crippen LogP contribution in [0.5, 0.6) is 0 Å². The molecule has 1 N–H and O–H groups in total. The van der Waals surface area contributed by atoms with Gasteiger partial charge >= 0.3 is 0 Å². The zero-order chi connectivity index (χ0) is 13.1. The van der Waals surface area contributed by atoms with Gasteiger partial charge in [0.05, 0.1) is 6.54 Å². The van der Waals surface area contributed by atoms with Gasteiger partial charge in [-0.3, -0.25) is 0 Å². The average Bonchev–Trinajstić information content (AvgIpc) is 2.64. The van der Waals surface area contributed by atoms with Crippen LogP contribution in [0.25, 0.3) is 11.0 Å². The molecule has 0 aliphatic rings. The molecule has 18 heavy (non-hydrogen) atoms. The molecule has 0 saturated carbocycles. The summed E-state index contributed by atoms with van der Waals surface area (Å²) >= 11 is 0. The average molecular weight is 245 g/mol. The van der Waals surface area contributed by atoms with Crippen molar-refractivity contribution in [3.05, 3.63) is 35.1 Å². The van der Waals surface area contributed by atoms with E-state index < -0.39 is 0 Å². The SMILES string of the molecule is CCCc1ccc2oc(CNC(C)C)c(C)c2c1. The van der Waals surface area contributed by atoms with Crippen LogP contribution in [-0.2, 0) is 13.0 Å². The van der Waals surface area contributed by atoms with Crippen molar-refractivity contribution in [2.45, 2.75) is 53.1 Å². The Morgan fingerprint density at radius 1 is 1.28 bits per heavy atom. The Balaban J connectivity index is 2.31. The lowest BCUT2D eigenvalue weighted by Gasteiger charge is -2.05. The molecular weight excluding hydrogens is 222 g/mol. The topological polar surface area (TPSA) is 25.2 Å². The van der Waals surface area contributed by atoms with Gasteiger partial charge in [-0.25, -0.2) is 0 Å². The lowest BCUT2D eigenvalue weighted by atomic mass is 10.1. The summed E-state index contributed by atoms with van der Waals surface area (Å²) in [5, 5.41) is 4.67. The molecule has 2 rings (SSSR count). The molecule has 0 aliphatic carbocycles. The van der Waals surface area contributed by atoms with Crippen molar-refractivity contribution in [1.82, 2.24) is 5.32 Å². The van der Waals surface area contributed by atoms with E-state index in [1.54, 1.807) is 0 Å². The van der Waals surface area contributed by atoms with Crippen molar-refractivity contribution in [1.29, 1.82) is 0 Å². The van der Waals surface area contributed by atoms with Crippen molar-refractivity contribution >= 4 is 11.0 Å². The Morgan fingerprint density at radius 2 is 2.06 bits per heavy atom. The third kappa shape index (κ3) is 2.75. The van der Waals surface area contributed by atoms with Gasteiger partial charge in [-0.1, -0.05) is 33.3 Å². The van der Waals surface area contributed by atoms with Crippen LogP contribution in [0.3, 0.4) is 0 Å². The van der Waals surface area contributed by atoms with E-state index in [4.69, 9.17) is 4.42 Å². The summed E-state index contributed by atoms with van der Waals surface area (Å²) < 4.78 is 5.92. The van der Waals surface area contributed by atoms with Gasteiger partial charge in [-0.05, 0) is 36.6 Å². The highest BCUT2D eigenvalue weighted by atomic mass is 16.3. The van der Waals surface area contributed by atoms with Crippen molar-refractivity contribution in [2.75, 3.05) is 0 Å². The second-order valence-corrected chi connectivity index (χ2v) is 5.27. The van der Waals surface area contributed by atoms with E-state index in [0.717, 1.165) is 24.3 Å². The third-order valence-corrected chi connectivity index (χ3v) is 3.31. The van der Waals surface area contributed by atoms with Crippen LogP contribution in [-0.4, -0.2) is 6.04 Å². The van der Waals surface area contributed by atoms with Crippen LogP contribution in [0.1, 0.15) is 44.1 Å². The molecule has 0 aliphatic heterocycles. The molecule has 0 radical (unpaired) electrons. The molecule has 2 heteroatoms. The molecule has 2 aromatic rings. The molecule has 1 aromatic carbocycles. The van der Waals surface area contributed by atoms with Gasteiger partial charge in [-0.2, -0.15) is 0 Å². The summed E-state index contributed by atoms with van der Waals surface area (Å²) in [6.45, 7) is 9.47. The van der Waals surface area contributed by atoms with Gasteiger partial charge < -0.3 is 9.73 Å². The molecule has 0 spiro atoms. The summed E-state index contributed by atoms with van der Waals surface area (Å²) in [4.78, 5) is 0. The molecule has 0 unspecified atom stereocenters. The predicted octanol–water partition coefficient (Wildman–Crippen LogP) is 4.19. The van der Waals surface area contributed by atoms with Crippen LogP contribution >= 0.6 is 0 Å². The molecular formula is C16H23NO. The maximum atomic E-state index is 5.92. The van der Waals surface area contributed by atoms with Crippen LogP contribution in [0.2, 0.25) is 0 Å². The largest absolute Gasteiger partial charge is 0.459 e. The molecule has 0 fully saturated rings. The monoisotopic (exact) mass is 245 g/mol. The van der Waals surface area contributed by atoms with Crippen molar-refractivity contribution in [2.24, 2.45) is 0 Å². The molecule has 0 saturated heterocycles. The number of fused-ring (bicyclic) bond motifs is 1. The molecule has 0 atom stereocenters. The zero-order valence-corrected chi connectivity index (χ0v) is 11.8. The third-order valence-electron chi connectivity index (χ3n) is 3.31. The summed E-state index contributed by atoms with van der Waals surface area (Å²) in [5.74, 6) is 1.06. The molecule has 0 amide bonds. The number of benzene rings is 1. The van der Waals surface area contributed by atoms with E-state index >= 15 is 0 Å². The molecule has 1 aromatic heterocycles. The Kier molecular flexibility index (Phi) is 4.07. The first kappa shape index (κ1) is 13.2. The summed E-state index contributed by atoms with van der Waals surface area (Å²) in [5.41, 5.74) is 3.68. The van der Waals surface area contributed by atoms with E-state index in [1.165, 1.54) is 22.9 Å². The fraction of sp³-hybridized carbons (Fsp3) is 0.500. The summed E-state index contributed by atoms with van der Waals surface area (Å²) in [6.07, 6.45) is 2.32. The minimum Gasteiger partial charge on any atom is -0.459 e. The van der Waals surface area contributed by atoms with Crippen molar-refractivity contribution in [3.63, 3.8) is 0 Å². The van der Waals surface area contributed by atoms with Crippen LogP contribution in [0, 0.1) is 6.92 Å². The molecule has 98 valence electrons. The Labute approximate surface area is 109 Å². The quantitative estimate of drug-likeness (QED) is 0.854. The summed E-state index contributed by atoms with van der Waals surface area (Å²) in [6, 6.07) is 7.03. The highest BCUT2D eigenvalue weighted by molar-refractivity contribution is 5.82. The Hall–Kier alpha value is -1.28. The Morgan fingerprint density at radius 3 is 2.72 bits per heavy atom. The predicted molar refractivity (Wildman–Crippen MR) is 76.9 cm³/mol. The van der Waals surface area contributed by atoms with E-state index in [9.17, 15) is 0 Å². The van der Waals surface area contributed by atoms with E-state index in [1.807, 2.05) is 0 Å². The normalized spacial score (nSPS) is 11.6. The van der Waals surface area contributed by atoms with Gasteiger partial charge in [0.1, 0.15) is 11.3 Å². The first-order valence-corrected chi connectivity index (χ1v) is 6.86. The first-order chi connectivity index (χ1) is 8.61. The first-order valence-electron chi connectivity index (χ1n) is 6.86. The van der Waals surface area contributed by atoms with Gasteiger partial charge in [0.2, 0.25) is 0 Å². The number of aryl methyl sites for hydroxylation is 2. The van der Waals surface area contributed by atoms with Crippen molar-refractivity contribution in [3.8, 4) is 0 Å². The fourth-order valence-corrected chi connectivity index (χ4v) is 2.23. The van der Waals surface area contributed by atoms with Gasteiger partial charge in [0.25, 0.3) is 0 Å². The number of rotatable bonds is 5. The second-order valence-electron chi connectivity index (χ2n) is 5.27. The standard InChI is InChI=1S/C16H23NO/c1-5-6-13-7-8-15-14(9-13)12(4)16(18-15)10-17-11(2)3/h7-9,11,17H,5-6,10H2,1-4H3. The van der Waals surface area contributed by atoms with Crippen LogP contribution in [0.15, 0.2) is 22.6 Å². The number of hydrogen-bond acceptors (Lipinski definition) is 2. The minimum absolute atomic E-state index is 0.480. The Bertz CT molecular complexity index is 525. The highest BCUT2D eigenvalue weighted by Crippen LogP contribution is 2.26. The van der Waals surface area contributed by atoms with Crippen molar-refractivity contribution < 1.29 is 4.42 Å². The maximum absolute atomic E-state index is 5.92. The lowest BCUT2D eigenvalue weighted by molar-refractivity contribution is 0.485. The van der Waals surface area contributed by atoms with E-state index in [0.29, 0.717) is 6.04 Å². The van der Waals surface area contributed by atoms with Gasteiger partial charge in [-0.15, -0.1) is 0 Å². The van der Waals surface area contributed by atoms with Gasteiger partial charge in [0.15, 0.2) is 0 Å². The van der Waals surface area contributed by atoms with Gasteiger partial charge in [0, 0.05) is 11.4 Å². The lowest BCUT2D eigenvalue weighted by Crippen LogP contribution is -2.21. The van der Waals surface area contributed by atoms with Crippen LogP contribution in [0.4, 0.5) is 0 Å². The number of hydrogen-bond donors (Lipinski definition) is 1. The highest BCUT2D eigenvalue weighted by Gasteiger charge is 2.10. The fourth-order valence-electron chi connectivity index (χ4n) is 2.23. The van der Waals surface area contributed by atoms with E-state index in [-0.39, 0.29) is 0 Å². The van der Waals surface area contributed by atoms with E-state index in [2.05, 4.69) is 51.2 Å². The number of furan rings is 1. The number of nitrogens with one attached hydrogen (secondary N) is 1. The maximum Gasteiger partial charge on any atom is 0.134 e. The van der Waals surface area contributed by atoms with Crippen LogP contribution < -0.4 is 5.32 Å². The molecule has 2 nitrogen and oxygen atoms in total. The molecule has 1 heterocycles. The second kappa shape index (κ2) is 5.57. The smallest absolute Gasteiger partial charge is 0.134 e.